The van der Waals surface area contributed by atoms with Crippen LogP contribution in [0.15, 0.2) is 18.2 Å². The summed E-state index contributed by atoms with van der Waals surface area (Å²) in [5, 5.41) is 11.5. The van der Waals surface area contributed by atoms with Gasteiger partial charge in [-0.25, -0.2) is 0 Å². The molecule has 0 aliphatic carbocycles. The van der Waals surface area contributed by atoms with Crippen molar-refractivity contribution in [3.05, 3.63) is 33.9 Å². The highest BCUT2D eigenvalue weighted by atomic mass is 32.2. The minimum absolute atomic E-state index is 0.114. The molecule has 0 saturated carbocycles. The van der Waals surface area contributed by atoms with Crippen LogP contribution >= 0.6 is 11.8 Å². The van der Waals surface area contributed by atoms with Crippen molar-refractivity contribution in [3.63, 3.8) is 0 Å². The van der Waals surface area contributed by atoms with E-state index in [2.05, 4.69) is 11.8 Å². The predicted molar refractivity (Wildman–Crippen MR) is 79.3 cm³/mol. The Kier molecular flexibility index (Phi) is 4.66. The monoisotopic (exact) mass is 281 g/mol. The molecule has 19 heavy (non-hydrogen) atoms. The van der Waals surface area contributed by atoms with Crippen LogP contribution in [-0.4, -0.2) is 33.9 Å². The molecular formula is C13H19N3O2S. The molecule has 1 aliphatic heterocycles. The molecule has 1 aromatic carbocycles. The molecule has 0 aromatic heterocycles. The number of nitrogens with two attached hydrogens (primary N) is 1. The maximum Gasteiger partial charge on any atom is 0.269 e. The SMILES string of the molecule is CCC1CN(Cc2cc([N+](=O)[O-])ccc2N)CCS1. The average Bonchev–Trinajstić information content (AvgIpc) is 2.41. The van der Waals surface area contributed by atoms with Gasteiger partial charge in [-0.05, 0) is 18.1 Å². The van der Waals surface area contributed by atoms with Crippen molar-refractivity contribution >= 4 is 23.1 Å². The van der Waals surface area contributed by atoms with Crippen LogP contribution in [0.1, 0.15) is 18.9 Å². The first-order valence-electron chi connectivity index (χ1n) is 6.47. The Balaban J connectivity index is 2.09. The van der Waals surface area contributed by atoms with E-state index in [4.69, 9.17) is 5.73 Å². The van der Waals surface area contributed by atoms with Gasteiger partial charge in [0.2, 0.25) is 0 Å². The minimum Gasteiger partial charge on any atom is -0.398 e. The van der Waals surface area contributed by atoms with Crippen LogP contribution in [0.2, 0.25) is 0 Å². The number of non-ortho nitro benzene ring substituents is 1. The zero-order chi connectivity index (χ0) is 13.8. The molecule has 0 bridgehead atoms. The van der Waals surface area contributed by atoms with Crippen LogP contribution < -0.4 is 5.73 Å². The first-order chi connectivity index (χ1) is 9.10. The molecule has 1 atom stereocenters. The van der Waals surface area contributed by atoms with E-state index in [0.29, 0.717) is 17.5 Å². The van der Waals surface area contributed by atoms with Gasteiger partial charge in [0.25, 0.3) is 5.69 Å². The number of hydrogen-bond acceptors (Lipinski definition) is 5. The van der Waals surface area contributed by atoms with E-state index in [-0.39, 0.29) is 10.6 Å². The number of nitrogen functional groups attached to an aromatic ring is 1. The van der Waals surface area contributed by atoms with Crippen molar-refractivity contribution in [2.24, 2.45) is 0 Å². The quantitative estimate of drug-likeness (QED) is 0.521. The van der Waals surface area contributed by atoms with Crippen LogP contribution in [-0.2, 0) is 6.54 Å². The normalized spacial score (nSPS) is 20.4. The van der Waals surface area contributed by atoms with Crippen LogP contribution in [0.25, 0.3) is 0 Å². The van der Waals surface area contributed by atoms with Crippen molar-refractivity contribution in [2.45, 2.75) is 25.1 Å². The van der Waals surface area contributed by atoms with Gasteiger partial charge in [-0.15, -0.1) is 0 Å². The summed E-state index contributed by atoms with van der Waals surface area (Å²) < 4.78 is 0. The molecule has 1 fully saturated rings. The Morgan fingerprint density at radius 1 is 1.58 bits per heavy atom. The third kappa shape index (κ3) is 3.61. The zero-order valence-electron chi connectivity index (χ0n) is 11.0. The second-order valence-electron chi connectivity index (χ2n) is 4.78. The number of rotatable bonds is 4. The zero-order valence-corrected chi connectivity index (χ0v) is 11.9. The second-order valence-corrected chi connectivity index (χ2v) is 6.18. The first kappa shape index (κ1) is 14.1. The number of nitrogens with zero attached hydrogens (tertiary/aromatic N) is 2. The summed E-state index contributed by atoms with van der Waals surface area (Å²) in [5.74, 6) is 1.12. The van der Waals surface area contributed by atoms with Gasteiger partial charge >= 0.3 is 0 Å². The summed E-state index contributed by atoms with van der Waals surface area (Å²) in [5.41, 5.74) is 7.53. The Morgan fingerprint density at radius 3 is 3.05 bits per heavy atom. The number of nitro benzene ring substituents is 1. The Bertz CT molecular complexity index is 467. The summed E-state index contributed by atoms with van der Waals surface area (Å²) in [6.07, 6.45) is 1.16. The number of hydrogen-bond donors (Lipinski definition) is 1. The molecule has 1 aromatic rings. The molecule has 104 valence electrons. The van der Waals surface area contributed by atoms with Gasteiger partial charge in [-0.3, -0.25) is 15.0 Å². The summed E-state index contributed by atoms with van der Waals surface area (Å²) in [4.78, 5) is 12.8. The topological polar surface area (TPSA) is 72.4 Å². The van der Waals surface area contributed by atoms with Gasteiger partial charge in [0.05, 0.1) is 4.92 Å². The van der Waals surface area contributed by atoms with Gasteiger partial charge in [-0.1, -0.05) is 6.92 Å². The number of anilines is 1. The lowest BCUT2D eigenvalue weighted by atomic mass is 10.1. The van der Waals surface area contributed by atoms with Gasteiger partial charge in [0.1, 0.15) is 0 Å². The molecule has 0 radical (unpaired) electrons. The maximum absolute atomic E-state index is 10.8. The van der Waals surface area contributed by atoms with Crippen molar-refractivity contribution in [1.29, 1.82) is 0 Å². The largest absolute Gasteiger partial charge is 0.398 e. The highest BCUT2D eigenvalue weighted by Crippen LogP contribution is 2.25. The first-order valence-corrected chi connectivity index (χ1v) is 7.51. The van der Waals surface area contributed by atoms with Crippen LogP contribution in [0, 0.1) is 10.1 Å². The Morgan fingerprint density at radius 2 is 2.37 bits per heavy atom. The summed E-state index contributed by atoms with van der Waals surface area (Å²) in [7, 11) is 0. The molecule has 6 heteroatoms. The standard InChI is InChI=1S/C13H19N3O2S/c1-2-12-9-15(5-6-19-12)8-10-7-11(16(17)18)3-4-13(10)14/h3-4,7,12H,2,5-6,8-9,14H2,1H3. The fourth-order valence-electron chi connectivity index (χ4n) is 2.25. The molecule has 1 heterocycles. The maximum atomic E-state index is 10.8. The third-order valence-electron chi connectivity index (χ3n) is 3.41. The summed E-state index contributed by atoms with van der Waals surface area (Å²) in [6, 6.07) is 4.68. The van der Waals surface area contributed by atoms with Crippen molar-refractivity contribution in [3.8, 4) is 0 Å². The molecular weight excluding hydrogens is 262 g/mol. The lowest BCUT2D eigenvalue weighted by Gasteiger charge is -2.32. The van der Waals surface area contributed by atoms with Gasteiger partial charge in [0.15, 0.2) is 0 Å². The second kappa shape index (κ2) is 6.25. The van der Waals surface area contributed by atoms with E-state index in [1.54, 1.807) is 12.1 Å². The van der Waals surface area contributed by atoms with Crippen molar-refractivity contribution < 1.29 is 4.92 Å². The minimum atomic E-state index is -0.371. The number of thioether (sulfide) groups is 1. The third-order valence-corrected chi connectivity index (χ3v) is 4.78. The van der Waals surface area contributed by atoms with Gasteiger partial charge < -0.3 is 5.73 Å². The van der Waals surface area contributed by atoms with E-state index in [0.717, 1.165) is 30.8 Å². The molecule has 2 N–H and O–H groups in total. The van der Waals surface area contributed by atoms with Crippen LogP contribution in [0.3, 0.4) is 0 Å². The number of nitro groups is 1. The average molecular weight is 281 g/mol. The predicted octanol–water partition coefficient (Wildman–Crippen LogP) is 2.50. The highest BCUT2D eigenvalue weighted by Gasteiger charge is 2.20. The van der Waals surface area contributed by atoms with Gasteiger partial charge in [0, 0.05) is 48.5 Å². The molecule has 1 unspecified atom stereocenters. The molecule has 0 amide bonds. The molecule has 5 nitrogen and oxygen atoms in total. The smallest absolute Gasteiger partial charge is 0.269 e. The van der Waals surface area contributed by atoms with Crippen LogP contribution in [0.4, 0.5) is 11.4 Å². The lowest BCUT2D eigenvalue weighted by molar-refractivity contribution is -0.384. The van der Waals surface area contributed by atoms with Crippen molar-refractivity contribution in [2.75, 3.05) is 24.6 Å². The van der Waals surface area contributed by atoms with E-state index < -0.39 is 0 Å². The van der Waals surface area contributed by atoms with E-state index in [1.807, 2.05) is 11.8 Å². The molecule has 0 spiro atoms. The Hall–Kier alpha value is -1.27. The molecule has 1 saturated heterocycles. The van der Waals surface area contributed by atoms with E-state index in [1.165, 1.54) is 6.07 Å². The van der Waals surface area contributed by atoms with Crippen molar-refractivity contribution in [1.82, 2.24) is 4.90 Å². The summed E-state index contributed by atoms with van der Waals surface area (Å²) >= 11 is 2.01. The summed E-state index contributed by atoms with van der Waals surface area (Å²) in [6.45, 7) is 4.94. The lowest BCUT2D eigenvalue weighted by Crippen LogP contribution is -2.37. The fraction of sp³-hybridized carbons (Fsp3) is 0.538. The Labute approximate surface area is 117 Å². The molecule has 1 aliphatic rings. The van der Waals surface area contributed by atoms with Gasteiger partial charge in [-0.2, -0.15) is 11.8 Å². The fourth-order valence-corrected chi connectivity index (χ4v) is 3.50. The van der Waals surface area contributed by atoms with Crippen LogP contribution in [0.5, 0.6) is 0 Å². The molecule has 2 rings (SSSR count). The van der Waals surface area contributed by atoms with E-state index >= 15 is 0 Å². The highest BCUT2D eigenvalue weighted by molar-refractivity contribution is 8.00. The van der Waals surface area contributed by atoms with E-state index in [9.17, 15) is 10.1 Å². The number of benzene rings is 1.